The fourth-order valence-corrected chi connectivity index (χ4v) is 4.32. The maximum atomic E-state index is 13.1. The number of likely N-dealkylation sites (tertiary alicyclic amines) is 1. The van der Waals surface area contributed by atoms with E-state index in [0.29, 0.717) is 23.6 Å². The van der Waals surface area contributed by atoms with Crippen molar-refractivity contribution in [2.45, 2.75) is 26.2 Å². The zero-order chi connectivity index (χ0) is 23.3. The van der Waals surface area contributed by atoms with Gasteiger partial charge in [-0.25, -0.2) is 4.39 Å². The van der Waals surface area contributed by atoms with Crippen LogP contribution in [0.5, 0.6) is 11.5 Å². The second kappa shape index (κ2) is 11.8. The van der Waals surface area contributed by atoms with Gasteiger partial charge < -0.3 is 38.5 Å². The molecular weight excluding hydrogens is 544 g/mol. The highest BCUT2D eigenvalue weighted by molar-refractivity contribution is 5.95. The Labute approximate surface area is 218 Å². The molecule has 1 saturated heterocycles. The van der Waals surface area contributed by atoms with E-state index in [0.717, 1.165) is 28.0 Å². The number of aryl methyl sites for hydroxylation is 1. The lowest BCUT2D eigenvalue weighted by Crippen LogP contribution is -3.00. The van der Waals surface area contributed by atoms with E-state index in [9.17, 15) is 9.18 Å². The van der Waals surface area contributed by atoms with Gasteiger partial charge in [0.1, 0.15) is 17.3 Å². The maximum Gasteiger partial charge on any atom is 0.251 e. The Morgan fingerprint density at radius 1 is 1.00 bits per heavy atom. The molecule has 0 spiro atoms. The zero-order valence-corrected chi connectivity index (χ0v) is 21.8. The summed E-state index contributed by atoms with van der Waals surface area (Å²) in [5.74, 6) is 0.842. The van der Waals surface area contributed by atoms with Crippen LogP contribution in [0.15, 0.2) is 60.7 Å². The molecule has 4 rings (SSSR count). The van der Waals surface area contributed by atoms with E-state index in [-0.39, 0.29) is 35.7 Å². The molecule has 7 heteroatoms. The number of quaternary nitrogens is 1. The SMILES string of the molecule is Cc1cc(C(=O)NCC[N+]2(C)CCCCC2)cc(-c2ccc(Oc3ccc(F)cc3)cc2)n1.[I-]. The molecule has 1 aliphatic rings. The van der Waals surface area contributed by atoms with Crippen LogP contribution >= 0.6 is 0 Å². The normalized spacial score (nSPS) is 14.7. The van der Waals surface area contributed by atoms with E-state index < -0.39 is 0 Å². The lowest BCUT2D eigenvalue weighted by Gasteiger charge is -2.37. The number of carbonyl (C=O) groups excluding carboxylic acids is 1. The zero-order valence-electron chi connectivity index (χ0n) is 19.7. The molecule has 0 atom stereocenters. The number of hydrogen-bond donors (Lipinski definition) is 1. The van der Waals surface area contributed by atoms with Crippen LogP contribution in [-0.4, -0.2) is 48.6 Å². The molecule has 1 aromatic heterocycles. The standard InChI is InChI=1S/C27H30FN3O2.HI/c1-20-18-22(27(32)29-14-17-31(2)15-4-3-5-16-31)19-26(30-20)21-6-10-24(11-7-21)33-25-12-8-23(28)9-13-25;/h6-13,18-19H,3-5,14-17H2,1-2H3;1H. The highest BCUT2D eigenvalue weighted by atomic mass is 127. The summed E-state index contributed by atoms with van der Waals surface area (Å²) in [7, 11) is 2.28. The molecule has 2 heterocycles. The minimum absolute atomic E-state index is 0. The topological polar surface area (TPSA) is 51.2 Å². The summed E-state index contributed by atoms with van der Waals surface area (Å²) in [6, 6.07) is 17.0. The highest BCUT2D eigenvalue weighted by Gasteiger charge is 2.24. The second-order valence-corrected chi connectivity index (χ2v) is 9.07. The number of nitrogens with zero attached hydrogens (tertiary/aromatic N) is 2. The van der Waals surface area contributed by atoms with Crippen molar-refractivity contribution in [3.8, 4) is 22.8 Å². The van der Waals surface area contributed by atoms with Crippen molar-refractivity contribution >= 4 is 5.91 Å². The predicted octanol–water partition coefficient (Wildman–Crippen LogP) is 2.35. The predicted molar refractivity (Wildman–Crippen MR) is 128 cm³/mol. The molecule has 34 heavy (non-hydrogen) atoms. The fraction of sp³-hybridized carbons (Fsp3) is 0.333. The van der Waals surface area contributed by atoms with Gasteiger partial charge in [0.2, 0.25) is 0 Å². The van der Waals surface area contributed by atoms with Crippen molar-refractivity contribution in [2.24, 2.45) is 0 Å². The number of amides is 1. The number of likely N-dealkylation sites (N-methyl/N-ethyl adjacent to an activating group) is 1. The van der Waals surface area contributed by atoms with Crippen molar-refractivity contribution in [3.63, 3.8) is 0 Å². The van der Waals surface area contributed by atoms with Gasteiger partial charge in [-0.05, 0) is 86.8 Å². The van der Waals surface area contributed by atoms with E-state index in [1.807, 2.05) is 43.3 Å². The largest absolute Gasteiger partial charge is 1.00 e. The van der Waals surface area contributed by atoms with Crippen LogP contribution in [0.3, 0.4) is 0 Å². The van der Waals surface area contributed by atoms with Crippen molar-refractivity contribution in [1.29, 1.82) is 0 Å². The third kappa shape index (κ3) is 6.99. The van der Waals surface area contributed by atoms with Crippen molar-refractivity contribution in [1.82, 2.24) is 10.3 Å². The lowest BCUT2D eigenvalue weighted by atomic mass is 10.1. The van der Waals surface area contributed by atoms with E-state index in [2.05, 4.69) is 17.3 Å². The molecule has 1 fully saturated rings. The van der Waals surface area contributed by atoms with Crippen LogP contribution < -0.4 is 34.0 Å². The van der Waals surface area contributed by atoms with Crippen LogP contribution in [0.4, 0.5) is 4.39 Å². The van der Waals surface area contributed by atoms with Gasteiger partial charge >= 0.3 is 0 Å². The molecular formula is C27H31FIN3O2. The summed E-state index contributed by atoms with van der Waals surface area (Å²) >= 11 is 0. The Kier molecular flexibility index (Phi) is 9.02. The van der Waals surface area contributed by atoms with Gasteiger partial charge in [0, 0.05) is 16.8 Å². The molecule has 0 bridgehead atoms. The molecule has 5 nitrogen and oxygen atoms in total. The third-order valence-corrected chi connectivity index (χ3v) is 6.25. The molecule has 0 saturated carbocycles. The van der Waals surface area contributed by atoms with Crippen molar-refractivity contribution < 1.29 is 42.4 Å². The van der Waals surface area contributed by atoms with Crippen LogP contribution in [-0.2, 0) is 0 Å². The molecule has 0 radical (unpaired) electrons. The summed E-state index contributed by atoms with van der Waals surface area (Å²) < 4.78 is 19.9. The number of ether oxygens (including phenoxy) is 1. The summed E-state index contributed by atoms with van der Waals surface area (Å²) in [4.78, 5) is 17.4. The molecule has 1 amide bonds. The highest BCUT2D eigenvalue weighted by Crippen LogP contribution is 2.26. The lowest BCUT2D eigenvalue weighted by molar-refractivity contribution is -0.912. The Morgan fingerprint density at radius 3 is 2.26 bits per heavy atom. The summed E-state index contributed by atoms with van der Waals surface area (Å²) in [6.07, 6.45) is 3.86. The van der Waals surface area contributed by atoms with Gasteiger partial charge in [0.25, 0.3) is 5.91 Å². The number of nitrogens with one attached hydrogen (secondary N) is 1. The minimum atomic E-state index is -0.301. The third-order valence-electron chi connectivity index (χ3n) is 6.25. The van der Waals surface area contributed by atoms with E-state index in [1.165, 1.54) is 44.5 Å². The van der Waals surface area contributed by atoms with Gasteiger partial charge in [-0.1, -0.05) is 0 Å². The average molecular weight is 575 g/mol. The van der Waals surface area contributed by atoms with Crippen LogP contribution in [0.2, 0.25) is 0 Å². The molecule has 2 aromatic carbocycles. The number of hydrogen-bond acceptors (Lipinski definition) is 3. The number of benzene rings is 2. The summed E-state index contributed by atoms with van der Waals surface area (Å²) in [5.41, 5.74) is 3.04. The molecule has 1 aliphatic heterocycles. The minimum Gasteiger partial charge on any atom is -1.00 e. The maximum absolute atomic E-state index is 13.1. The van der Waals surface area contributed by atoms with Gasteiger partial charge in [0.15, 0.2) is 0 Å². The molecule has 1 N–H and O–H groups in total. The first-order valence-corrected chi connectivity index (χ1v) is 11.5. The molecule has 180 valence electrons. The number of rotatable bonds is 7. The van der Waals surface area contributed by atoms with Crippen LogP contribution in [0.25, 0.3) is 11.3 Å². The Morgan fingerprint density at radius 2 is 1.62 bits per heavy atom. The number of carbonyl (C=O) groups is 1. The van der Waals surface area contributed by atoms with Gasteiger partial charge in [-0.2, -0.15) is 0 Å². The average Bonchev–Trinajstić information content (AvgIpc) is 2.81. The molecule has 0 unspecified atom stereocenters. The van der Waals surface area contributed by atoms with Crippen molar-refractivity contribution in [3.05, 3.63) is 77.7 Å². The Balaban J connectivity index is 0.00000324. The first-order chi connectivity index (χ1) is 15.9. The number of aromatic nitrogens is 1. The van der Waals surface area contributed by atoms with E-state index >= 15 is 0 Å². The van der Waals surface area contributed by atoms with Gasteiger partial charge in [-0.15, -0.1) is 0 Å². The van der Waals surface area contributed by atoms with Crippen LogP contribution in [0.1, 0.15) is 35.3 Å². The monoisotopic (exact) mass is 575 g/mol. The summed E-state index contributed by atoms with van der Waals surface area (Å²) in [5, 5.41) is 3.09. The second-order valence-electron chi connectivity index (χ2n) is 9.07. The number of piperidine rings is 1. The quantitative estimate of drug-likeness (QED) is 0.348. The van der Waals surface area contributed by atoms with Crippen molar-refractivity contribution in [2.75, 3.05) is 33.2 Å². The fourth-order valence-electron chi connectivity index (χ4n) is 4.32. The first kappa shape index (κ1) is 26.1. The Hall–Kier alpha value is -2.52. The smallest absolute Gasteiger partial charge is 0.251 e. The van der Waals surface area contributed by atoms with Gasteiger partial charge in [0.05, 0.1) is 38.9 Å². The molecule has 3 aromatic rings. The van der Waals surface area contributed by atoms with Crippen LogP contribution in [0, 0.1) is 12.7 Å². The van der Waals surface area contributed by atoms with E-state index in [1.54, 1.807) is 12.1 Å². The Bertz CT molecular complexity index is 1100. The molecule has 0 aliphatic carbocycles. The number of pyridine rings is 1. The summed E-state index contributed by atoms with van der Waals surface area (Å²) in [6.45, 7) is 5.90. The number of halogens is 2. The first-order valence-electron chi connectivity index (χ1n) is 11.5. The van der Waals surface area contributed by atoms with Gasteiger partial charge in [-0.3, -0.25) is 9.78 Å². The van der Waals surface area contributed by atoms with E-state index in [4.69, 9.17) is 4.74 Å².